The molecule has 196 valence electrons. The molecule has 2 N–H and O–H groups in total. The molecule has 4 aromatic rings. The lowest BCUT2D eigenvalue weighted by atomic mass is 10.0. The summed E-state index contributed by atoms with van der Waals surface area (Å²) in [4.78, 5) is 30.2. The van der Waals surface area contributed by atoms with Crippen LogP contribution in [0.2, 0.25) is 0 Å². The first-order valence-corrected chi connectivity index (χ1v) is 12.1. The van der Waals surface area contributed by atoms with Crippen molar-refractivity contribution >= 4 is 28.4 Å². The van der Waals surface area contributed by atoms with Crippen molar-refractivity contribution in [1.29, 1.82) is 0 Å². The lowest BCUT2D eigenvalue weighted by molar-refractivity contribution is -0.133. The number of carbonyl (C=O) groups is 2. The molecule has 0 bridgehead atoms. The standard InChI is InChI=1S/C29H24FN5O4/c1-3-21(33-27(36)29(13-14-29)28(37)34-22-9-6-20(30)7-10-22)8-4-18(2)39-25-12-15-31-24-16-19(5-11-23(24)25)26-35-32-17-38-26/h3-12,15-17H,1,13-14H2,2H3,(H,33,36)(H,34,37)/b18-4+,21-8+. The molecule has 1 aliphatic rings. The Morgan fingerprint density at radius 3 is 2.59 bits per heavy atom. The number of aromatic nitrogens is 3. The van der Waals surface area contributed by atoms with Gasteiger partial charge >= 0.3 is 0 Å². The number of amides is 2. The van der Waals surface area contributed by atoms with Gasteiger partial charge in [0.2, 0.25) is 24.1 Å². The Morgan fingerprint density at radius 2 is 1.90 bits per heavy atom. The number of nitrogens with one attached hydrogen (secondary N) is 2. The third-order valence-electron chi connectivity index (χ3n) is 6.28. The number of hydrogen-bond donors (Lipinski definition) is 2. The maximum Gasteiger partial charge on any atom is 0.247 e. The van der Waals surface area contributed by atoms with E-state index in [9.17, 15) is 14.0 Å². The molecule has 0 spiro atoms. The number of anilines is 1. The first-order valence-electron chi connectivity index (χ1n) is 12.1. The number of benzene rings is 2. The van der Waals surface area contributed by atoms with Gasteiger partial charge in [0, 0.05) is 28.5 Å². The SMILES string of the molecule is C=C/C(=C\C=C(/C)Oc1ccnc2cc(-c3nnco3)ccc12)NC(=O)C1(C(=O)Nc2ccc(F)cc2)CC1. The first kappa shape index (κ1) is 25.5. The third-order valence-corrected chi connectivity index (χ3v) is 6.28. The second-order valence-electron chi connectivity index (χ2n) is 8.99. The number of halogens is 1. The molecule has 2 aromatic heterocycles. The van der Waals surface area contributed by atoms with Gasteiger partial charge in [-0.15, -0.1) is 10.2 Å². The van der Waals surface area contributed by atoms with E-state index in [4.69, 9.17) is 9.15 Å². The van der Waals surface area contributed by atoms with E-state index in [1.54, 1.807) is 31.3 Å². The summed E-state index contributed by atoms with van der Waals surface area (Å²) in [5, 5.41) is 13.9. The topological polar surface area (TPSA) is 119 Å². The predicted molar refractivity (Wildman–Crippen MR) is 143 cm³/mol. The fourth-order valence-corrected chi connectivity index (χ4v) is 3.93. The van der Waals surface area contributed by atoms with Gasteiger partial charge in [0.05, 0.1) is 5.52 Å². The van der Waals surface area contributed by atoms with Crippen LogP contribution in [0.4, 0.5) is 10.1 Å². The maximum atomic E-state index is 13.1. The summed E-state index contributed by atoms with van der Waals surface area (Å²) in [5.41, 5.74) is 1.09. The van der Waals surface area contributed by atoms with Crippen molar-refractivity contribution in [3.05, 3.63) is 103 Å². The van der Waals surface area contributed by atoms with Crippen LogP contribution in [0, 0.1) is 11.2 Å². The molecule has 2 amide bonds. The normalized spacial score (nSPS) is 14.5. The number of hydrogen-bond acceptors (Lipinski definition) is 7. The number of allylic oxidation sites excluding steroid dienone is 4. The molecule has 39 heavy (non-hydrogen) atoms. The van der Waals surface area contributed by atoms with Crippen molar-refractivity contribution in [3.8, 4) is 17.2 Å². The van der Waals surface area contributed by atoms with Crippen molar-refractivity contribution in [3.63, 3.8) is 0 Å². The first-order chi connectivity index (χ1) is 18.9. The van der Waals surface area contributed by atoms with Crippen molar-refractivity contribution in [2.24, 2.45) is 5.41 Å². The van der Waals surface area contributed by atoms with Crippen LogP contribution in [0.1, 0.15) is 19.8 Å². The van der Waals surface area contributed by atoms with Gasteiger partial charge in [-0.1, -0.05) is 6.58 Å². The molecular weight excluding hydrogens is 501 g/mol. The Bertz CT molecular complexity index is 1610. The molecule has 0 saturated heterocycles. The lowest BCUT2D eigenvalue weighted by Gasteiger charge is -2.16. The Labute approximate surface area is 223 Å². The molecule has 2 heterocycles. The minimum Gasteiger partial charge on any atom is -0.461 e. The largest absolute Gasteiger partial charge is 0.461 e. The Balaban J connectivity index is 1.26. The van der Waals surface area contributed by atoms with E-state index in [-0.39, 0.29) is 0 Å². The van der Waals surface area contributed by atoms with Gasteiger partial charge in [0.1, 0.15) is 22.7 Å². The molecule has 2 aromatic carbocycles. The van der Waals surface area contributed by atoms with Gasteiger partial charge in [0.15, 0.2) is 0 Å². The van der Waals surface area contributed by atoms with Crippen molar-refractivity contribution in [2.75, 3.05) is 5.32 Å². The molecular formula is C29H24FN5O4. The minimum atomic E-state index is -1.18. The second-order valence-corrected chi connectivity index (χ2v) is 8.99. The average molecular weight is 526 g/mol. The highest BCUT2D eigenvalue weighted by Crippen LogP contribution is 2.47. The minimum absolute atomic E-state index is 0.395. The van der Waals surface area contributed by atoms with E-state index >= 15 is 0 Å². The number of rotatable bonds is 9. The molecule has 1 aliphatic carbocycles. The quantitative estimate of drug-likeness (QED) is 0.173. The number of carbonyl (C=O) groups excluding carboxylic acids is 2. The van der Waals surface area contributed by atoms with E-state index < -0.39 is 23.0 Å². The zero-order chi connectivity index (χ0) is 27.4. The van der Waals surface area contributed by atoms with Gasteiger partial charge in [-0.25, -0.2) is 4.39 Å². The van der Waals surface area contributed by atoms with Gasteiger partial charge in [-0.3, -0.25) is 14.6 Å². The van der Waals surface area contributed by atoms with E-state index in [0.29, 0.717) is 47.1 Å². The molecule has 1 saturated carbocycles. The Morgan fingerprint density at radius 1 is 1.10 bits per heavy atom. The Kier molecular flexibility index (Phi) is 7.00. The highest BCUT2D eigenvalue weighted by atomic mass is 19.1. The lowest BCUT2D eigenvalue weighted by Crippen LogP contribution is -2.39. The number of nitrogens with zero attached hydrogens (tertiary/aromatic N) is 3. The molecule has 0 radical (unpaired) electrons. The summed E-state index contributed by atoms with van der Waals surface area (Å²) in [5.74, 6) is 0.261. The number of ether oxygens (including phenoxy) is 1. The van der Waals surface area contributed by atoms with Crippen LogP contribution in [0.3, 0.4) is 0 Å². The van der Waals surface area contributed by atoms with Crippen LogP contribution in [0.15, 0.2) is 102 Å². The zero-order valence-corrected chi connectivity index (χ0v) is 21.0. The fourth-order valence-electron chi connectivity index (χ4n) is 3.93. The third kappa shape index (κ3) is 5.59. The van der Waals surface area contributed by atoms with Crippen LogP contribution < -0.4 is 15.4 Å². The number of pyridine rings is 1. The van der Waals surface area contributed by atoms with Gasteiger partial charge < -0.3 is 19.8 Å². The van der Waals surface area contributed by atoms with E-state index in [1.807, 2.05) is 18.2 Å². The molecule has 0 unspecified atom stereocenters. The monoisotopic (exact) mass is 525 g/mol. The van der Waals surface area contributed by atoms with Gasteiger partial charge in [-0.05, 0) is 86.5 Å². The second kappa shape index (κ2) is 10.7. The van der Waals surface area contributed by atoms with E-state index in [2.05, 4.69) is 32.4 Å². The van der Waals surface area contributed by atoms with E-state index in [0.717, 1.165) is 10.9 Å². The molecule has 10 heteroatoms. The van der Waals surface area contributed by atoms with Crippen LogP contribution in [-0.2, 0) is 9.59 Å². The number of fused-ring (bicyclic) bond motifs is 1. The van der Waals surface area contributed by atoms with Crippen LogP contribution >= 0.6 is 0 Å². The molecule has 0 aliphatic heterocycles. The maximum absolute atomic E-state index is 13.1. The molecule has 5 rings (SSSR count). The molecule has 0 atom stereocenters. The van der Waals surface area contributed by atoms with Crippen LogP contribution in [-0.4, -0.2) is 27.0 Å². The average Bonchev–Trinajstić information content (AvgIpc) is 3.58. The Hall–Kier alpha value is -5.12. The summed E-state index contributed by atoms with van der Waals surface area (Å²) in [6.07, 6.45) is 8.55. The van der Waals surface area contributed by atoms with Crippen LogP contribution in [0.25, 0.3) is 22.4 Å². The zero-order valence-electron chi connectivity index (χ0n) is 21.0. The summed E-state index contributed by atoms with van der Waals surface area (Å²) >= 11 is 0. The van der Waals surface area contributed by atoms with Gasteiger partial charge in [-0.2, -0.15) is 0 Å². The summed E-state index contributed by atoms with van der Waals surface area (Å²) in [7, 11) is 0. The molecule has 1 fully saturated rings. The van der Waals surface area contributed by atoms with Crippen LogP contribution in [0.5, 0.6) is 5.75 Å². The predicted octanol–water partition coefficient (Wildman–Crippen LogP) is 5.31. The summed E-state index contributed by atoms with van der Waals surface area (Å²) in [6.45, 7) is 5.53. The van der Waals surface area contributed by atoms with Crippen molar-refractivity contribution in [2.45, 2.75) is 19.8 Å². The van der Waals surface area contributed by atoms with Crippen molar-refractivity contribution < 1.29 is 23.1 Å². The van der Waals surface area contributed by atoms with Crippen molar-refractivity contribution in [1.82, 2.24) is 20.5 Å². The highest BCUT2D eigenvalue weighted by molar-refractivity contribution is 6.13. The fraction of sp³-hybridized carbons (Fsp3) is 0.138. The summed E-state index contributed by atoms with van der Waals surface area (Å²) in [6, 6.07) is 12.7. The summed E-state index contributed by atoms with van der Waals surface area (Å²) < 4.78 is 24.4. The smallest absolute Gasteiger partial charge is 0.247 e. The highest BCUT2D eigenvalue weighted by Gasteiger charge is 2.56. The van der Waals surface area contributed by atoms with Gasteiger partial charge in [0.25, 0.3) is 0 Å². The molecule has 9 nitrogen and oxygen atoms in total. The van der Waals surface area contributed by atoms with E-state index in [1.165, 1.54) is 36.7 Å².